The number of carboxylic acid groups (broad SMARTS) is 1. The second-order valence-electron chi connectivity index (χ2n) is 6.38. The number of nitrogens with one attached hydrogen (secondary N) is 1. The van der Waals surface area contributed by atoms with Crippen LogP contribution in [0.2, 0.25) is 0 Å². The minimum absolute atomic E-state index is 0.150. The van der Waals surface area contributed by atoms with Crippen LogP contribution in [-0.2, 0) is 11.2 Å². The van der Waals surface area contributed by atoms with Gasteiger partial charge in [0.25, 0.3) is 11.6 Å². The monoisotopic (exact) mass is 369 g/mol. The van der Waals surface area contributed by atoms with Gasteiger partial charge in [-0.25, -0.2) is 0 Å². The van der Waals surface area contributed by atoms with E-state index in [9.17, 15) is 19.7 Å². The Kier molecular flexibility index (Phi) is 5.35. The largest absolute Gasteiger partial charge is 0.481 e. The molecule has 0 atom stereocenters. The lowest BCUT2D eigenvalue weighted by atomic mass is 10.1. The molecule has 3 rings (SSSR count). The molecule has 27 heavy (non-hydrogen) atoms. The van der Waals surface area contributed by atoms with E-state index in [0.717, 1.165) is 25.9 Å². The van der Waals surface area contributed by atoms with Gasteiger partial charge in [0, 0.05) is 30.9 Å². The maximum atomic E-state index is 12.8. The number of anilines is 2. The van der Waals surface area contributed by atoms with Gasteiger partial charge >= 0.3 is 5.97 Å². The predicted octanol–water partition coefficient (Wildman–Crippen LogP) is 3.07. The maximum absolute atomic E-state index is 12.8. The molecular formula is C19H19N3O5. The van der Waals surface area contributed by atoms with Crippen molar-refractivity contribution in [1.29, 1.82) is 0 Å². The Balaban J connectivity index is 1.89. The van der Waals surface area contributed by atoms with Crippen molar-refractivity contribution >= 4 is 28.9 Å². The SMILES string of the molecule is O=C(O)Cc1cccc(NC(=O)c2cc([N+](=O)[O-])ccc2N2CCCC2)c1. The molecule has 1 aliphatic heterocycles. The number of carboxylic acids is 1. The molecule has 2 N–H and O–H groups in total. The van der Waals surface area contributed by atoms with Gasteiger partial charge in [0.1, 0.15) is 0 Å². The van der Waals surface area contributed by atoms with Crippen LogP contribution >= 0.6 is 0 Å². The first kappa shape index (κ1) is 18.4. The number of hydrogen-bond acceptors (Lipinski definition) is 5. The number of rotatable bonds is 6. The summed E-state index contributed by atoms with van der Waals surface area (Å²) in [6.07, 6.45) is 1.87. The van der Waals surface area contributed by atoms with Crippen LogP contribution in [0, 0.1) is 10.1 Å². The van der Waals surface area contributed by atoms with E-state index in [0.29, 0.717) is 16.9 Å². The molecule has 0 aromatic heterocycles. The third kappa shape index (κ3) is 4.41. The number of carbonyl (C=O) groups excluding carboxylic acids is 1. The molecular weight excluding hydrogens is 350 g/mol. The summed E-state index contributed by atoms with van der Waals surface area (Å²) in [5, 5.41) is 22.7. The van der Waals surface area contributed by atoms with E-state index in [4.69, 9.17) is 5.11 Å². The number of hydrogen-bond donors (Lipinski definition) is 2. The molecule has 0 bridgehead atoms. The van der Waals surface area contributed by atoms with Gasteiger partial charge in [-0.3, -0.25) is 19.7 Å². The summed E-state index contributed by atoms with van der Waals surface area (Å²) >= 11 is 0. The van der Waals surface area contributed by atoms with Crippen LogP contribution in [0.4, 0.5) is 17.1 Å². The van der Waals surface area contributed by atoms with Crippen LogP contribution in [0.25, 0.3) is 0 Å². The Labute approximate surface area is 155 Å². The van der Waals surface area contributed by atoms with Crippen LogP contribution in [0.15, 0.2) is 42.5 Å². The molecule has 1 heterocycles. The van der Waals surface area contributed by atoms with Crippen molar-refractivity contribution in [3.63, 3.8) is 0 Å². The van der Waals surface area contributed by atoms with E-state index in [-0.39, 0.29) is 17.7 Å². The van der Waals surface area contributed by atoms with E-state index in [1.807, 2.05) is 4.90 Å². The highest BCUT2D eigenvalue weighted by Crippen LogP contribution is 2.29. The Bertz CT molecular complexity index is 891. The van der Waals surface area contributed by atoms with Crippen LogP contribution in [0.1, 0.15) is 28.8 Å². The van der Waals surface area contributed by atoms with Gasteiger partial charge in [-0.1, -0.05) is 12.1 Å². The van der Waals surface area contributed by atoms with Crippen molar-refractivity contribution in [1.82, 2.24) is 0 Å². The molecule has 0 aliphatic carbocycles. The standard InChI is InChI=1S/C19H19N3O5/c23-18(24)11-13-4-3-5-14(10-13)20-19(25)16-12-15(22(26)27)6-7-17(16)21-8-1-2-9-21/h3-7,10,12H,1-2,8-9,11H2,(H,20,25)(H,23,24). The van der Waals surface area contributed by atoms with Crippen LogP contribution in [0.3, 0.4) is 0 Å². The first-order chi connectivity index (χ1) is 12.9. The molecule has 8 heteroatoms. The molecule has 2 aromatic rings. The topological polar surface area (TPSA) is 113 Å². The van der Waals surface area contributed by atoms with Crippen LogP contribution in [0.5, 0.6) is 0 Å². The van der Waals surface area contributed by atoms with Crippen molar-refractivity contribution in [2.45, 2.75) is 19.3 Å². The first-order valence-corrected chi connectivity index (χ1v) is 8.59. The molecule has 0 spiro atoms. The lowest BCUT2D eigenvalue weighted by molar-refractivity contribution is -0.384. The number of carbonyl (C=O) groups is 2. The quantitative estimate of drug-likeness (QED) is 0.598. The molecule has 0 radical (unpaired) electrons. The van der Waals surface area contributed by atoms with Crippen molar-refractivity contribution in [3.05, 3.63) is 63.7 Å². The fourth-order valence-electron chi connectivity index (χ4n) is 3.19. The van der Waals surface area contributed by atoms with Gasteiger partial charge in [0.05, 0.1) is 22.6 Å². The zero-order valence-electron chi connectivity index (χ0n) is 14.6. The molecule has 1 saturated heterocycles. The van der Waals surface area contributed by atoms with Crippen molar-refractivity contribution in [3.8, 4) is 0 Å². The Morgan fingerprint density at radius 2 is 1.89 bits per heavy atom. The van der Waals surface area contributed by atoms with Crippen LogP contribution < -0.4 is 10.2 Å². The number of nitro benzene ring substituents is 1. The molecule has 140 valence electrons. The Hall–Kier alpha value is -3.42. The average molecular weight is 369 g/mol. The summed E-state index contributed by atoms with van der Waals surface area (Å²) < 4.78 is 0. The summed E-state index contributed by atoms with van der Waals surface area (Å²) in [5.74, 6) is -1.43. The second-order valence-corrected chi connectivity index (χ2v) is 6.38. The minimum Gasteiger partial charge on any atom is -0.481 e. The van der Waals surface area contributed by atoms with Gasteiger partial charge in [-0.15, -0.1) is 0 Å². The van der Waals surface area contributed by atoms with E-state index in [2.05, 4.69) is 5.32 Å². The number of aliphatic carboxylic acids is 1. The number of nitro groups is 1. The Morgan fingerprint density at radius 3 is 2.56 bits per heavy atom. The predicted molar refractivity (Wildman–Crippen MR) is 100 cm³/mol. The average Bonchev–Trinajstić information content (AvgIpc) is 3.15. The lowest BCUT2D eigenvalue weighted by Crippen LogP contribution is -2.23. The fourth-order valence-corrected chi connectivity index (χ4v) is 3.19. The summed E-state index contributed by atoms with van der Waals surface area (Å²) in [6.45, 7) is 1.60. The smallest absolute Gasteiger partial charge is 0.307 e. The van der Waals surface area contributed by atoms with E-state index in [1.165, 1.54) is 12.1 Å². The van der Waals surface area contributed by atoms with E-state index >= 15 is 0 Å². The van der Waals surface area contributed by atoms with Gasteiger partial charge in [0.2, 0.25) is 0 Å². The summed E-state index contributed by atoms with van der Waals surface area (Å²) in [6, 6.07) is 10.8. The molecule has 2 aromatic carbocycles. The minimum atomic E-state index is -0.964. The highest BCUT2D eigenvalue weighted by atomic mass is 16.6. The molecule has 8 nitrogen and oxygen atoms in total. The molecule has 0 saturated carbocycles. The van der Waals surface area contributed by atoms with Crippen molar-refractivity contribution < 1.29 is 19.6 Å². The highest BCUT2D eigenvalue weighted by Gasteiger charge is 2.22. The van der Waals surface area contributed by atoms with Gasteiger partial charge in [-0.2, -0.15) is 0 Å². The number of benzene rings is 2. The van der Waals surface area contributed by atoms with Gasteiger partial charge in [-0.05, 0) is 36.6 Å². The zero-order chi connectivity index (χ0) is 19.4. The third-order valence-electron chi connectivity index (χ3n) is 4.42. The lowest BCUT2D eigenvalue weighted by Gasteiger charge is -2.21. The summed E-state index contributed by atoms with van der Waals surface area (Å²) in [4.78, 5) is 36.3. The second kappa shape index (κ2) is 7.86. The number of amides is 1. The van der Waals surface area contributed by atoms with E-state index < -0.39 is 16.8 Å². The van der Waals surface area contributed by atoms with Crippen LogP contribution in [-0.4, -0.2) is 35.0 Å². The highest BCUT2D eigenvalue weighted by molar-refractivity contribution is 6.08. The zero-order valence-corrected chi connectivity index (χ0v) is 14.6. The maximum Gasteiger partial charge on any atom is 0.307 e. The molecule has 1 amide bonds. The van der Waals surface area contributed by atoms with E-state index in [1.54, 1.807) is 30.3 Å². The molecule has 1 fully saturated rings. The summed E-state index contributed by atoms with van der Waals surface area (Å²) in [7, 11) is 0. The van der Waals surface area contributed by atoms with Crippen molar-refractivity contribution in [2.75, 3.05) is 23.3 Å². The normalized spacial score (nSPS) is 13.4. The number of non-ortho nitro benzene ring substituents is 1. The number of nitrogens with zero attached hydrogens (tertiary/aromatic N) is 2. The summed E-state index contributed by atoms with van der Waals surface area (Å²) in [5.41, 5.74) is 1.74. The fraction of sp³-hybridized carbons (Fsp3) is 0.263. The Morgan fingerprint density at radius 1 is 1.15 bits per heavy atom. The van der Waals surface area contributed by atoms with Gasteiger partial charge in [0.15, 0.2) is 0 Å². The molecule has 0 unspecified atom stereocenters. The first-order valence-electron chi connectivity index (χ1n) is 8.59. The van der Waals surface area contributed by atoms with Crippen molar-refractivity contribution in [2.24, 2.45) is 0 Å². The molecule has 1 aliphatic rings. The third-order valence-corrected chi connectivity index (χ3v) is 4.42. The van der Waals surface area contributed by atoms with Gasteiger partial charge < -0.3 is 15.3 Å².